The van der Waals surface area contributed by atoms with Crippen LogP contribution in [0.5, 0.6) is 0 Å². The van der Waals surface area contributed by atoms with E-state index in [1.54, 1.807) is 39.0 Å². The topological polar surface area (TPSA) is 0 Å². The molecule has 0 spiro atoms. The van der Waals surface area contributed by atoms with Gasteiger partial charge in [-0.2, -0.15) is 0 Å². The van der Waals surface area contributed by atoms with Crippen molar-refractivity contribution in [3.8, 4) is 0 Å². The van der Waals surface area contributed by atoms with Crippen LogP contribution in [0.15, 0.2) is 57.2 Å². The molecule has 29 heavy (non-hydrogen) atoms. The van der Waals surface area contributed by atoms with Crippen molar-refractivity contribution in [1.82, 2.24) is 0 Å². The number of rotatable bonds is 0. The van der Waals surface area contributed by atoms with Crippen molar-refractivity contribution in [3.63, 3.8) is 0 Å². The Hall–Kier alpha value is -1.30. The molecule has 5 aliphatic carbocycles. The fourth-order valence-electron chi connectivity index (χ4n) is 6.80. The molecule has 0 nitrogen and oxygen atoms in total. The fraction of sp³-hybridized carbons (Fsp3) is 0.655. The van der Waals surface area contributed by atoms with Gasteiger partial charge < -0.3 is 0 Å². The first-order valence-corrected chi connectivity index (χ1v) is 11.9. The highest BCUT2D eigenvalue weighted by atomic mass is 14.5. The molecule has 0 heterocycles. The summed E-state index contributed by atoms with van der Waals surface area (Å²) < 4.78 is 0. The second-order valence-corrected chi connectivity index (χ2v) is 13.2. The monoisotopic (exact) mass is 388 g/mol. The van der Waals surface area contributed by atoms with E-state index in [9.17, 15) is 0 Å². The van der Waals surface area contributed by atoms with Crippen LogP contribution >= 0.6 is 0 Å². The van der Waals surface area contributed by atoms with Gasteiger partial charge in [-0.05, 0) is 93.6 Å². The van der Waals surface area contributed by atoms with Crippen LogP contribution in [0.3, 0.4) is 0 Å². The molecular formula is C29H40. The summed E-state index contributed by atoms with van der Waals surface area (Å²) in [5, 5.41) is 0. The molecule has 1 saturated carbocycles. The van der Waals surface area contributed by atoms with Gasteiger partial charge in [-0.25, -0.2) is 0 Å². The lowest BCUT2D eigenvalue weighted by molar-refractivity contribution is 0.256. The summed E-state index contributed by atoms with van der Waals surface area (Å²) in [6, 6.07) is 0. The van der Waals surface area contributed by atoms with Gasteiger partial charge in [-0.3, -0.25) is 0 Å². The summed E-state index contributed by atoms with van der Waals surface area (Å²) in [5.41, 5.74) is 13.0. The number of allylic oxidation sites excluding steroid dienone is 10. The van der Waals surface area contributed by atoms with Gasteiger partial charge in [-0.1, -0.05) is 79.2 Å². The molecule has 156 valence electrons. The predicted molar refractivity (Wildman–Crippen MR) is 125 cm³/mol. The number of hydrogen-bond donors (Lipinski definition) is 0. The molecule has 0 radical (unpaired) electrons. The third kappa shape index (κ3) is 2.77. The van der Waals surface area contributed by atoms with Crippen LogP contribution in [0.2, 0.25) is 0 Å². The van der Waals surface area contributed by atoms with E-state index in [0.29, 0.717) is 27.6 Å². The van der Waals surface area contributed by atoms with Crippen molar-refractivity contribution < 1.29 is 0 Å². The van der Waals surface area contributed by atoms with Crippen LogP contribution in [-0.4, -0.2) is 0 Å². The lowest BCUT2D eigenvalue weighted by Gasteiger charge is -2.46. The van der Waals surface area contributed by atoms with Gasteiger partial charge in [0.25, 0.3) is 0 Å². The van der Waals surface area contributed by atoms with E-state index in [2.05, 4.69) is 73.6 Å². The standard InChI is InChI=1S/C29H40/c1-26(2)9-11-28(5,6)24-16-20-18(14-22(24)26)13-19-15-23-25(17-21(19)20)29(7,8)12-10-27(23,3)4/h14-16,18H,9-13,17H2,1-8H3. The molecule has 0 N–H and O–H groups in total. The van der Waals surface area contributed by atoms with Crippen LogP contribution < -0.4 is 0 Å². The maximum atomic E-state index is 2.69. The maximum Gasteiger partial charge on any atom is 0.00676 e. The first kappa shape index (κ1) is 19.7. The Labute approximate surface area is 178 Å². The summed E-state index contributed by atoms with van der Waals surface area (Å²) in [4.78, 5) is 0. The SMILES string of the molecule is CC1(C)CCC(C)(C)C2=CC3CC4=CC5=C(CC4=C3C=C21)C(C)(C)CCC5(C)C. The summed E-state index contributed by atoms with van der Waals surface area (Å²) >= 11 is 0. The molecule has 0 bridgehead atoms. The second kappa shape index (κ2) is 5.68. The Bertz CT molecular complexity index is 946. The molecule has 5 aliphatic rings. The maximum absolute atomic E-state index is 2.69. The van der Waals surface area contributed by atoms with Crippen LogP contribution in [0, 0.1) is 27.6 Å². The van der Waals surface area contributed by atoms with Crippen molar-refractivity contribution in [2.45, 2.75) is 93.9 Å². The molecule has 0 aromatic rings. The van der Waals surface area contributed by atoms with Gasteiger partial charge in [-0.15, -0.1) is 0 Å². The summed E-state index contributed by atoms with van der Waals surface area (Å²) in [7, 11) is 0. The minimum atomic E-state index is 0.303. The summed E-state index contributed by atoms with van der Waals surface area (Å²) in [6.45, 7) is 19.8. The Morgan fingerprint density at radius 3 is 1.97 bits per heavy atom. The van der Waals surface area contributed by atoms with Crippen LogP contribution in [0.25, 0.3) is 0 Å². The molecule has 0 aliphatic heterocycles. The number of fused-ring (bicyclic) bond motifs is 3. The third-order valence-electron chi connectivity index (χ3n) is 9.28. The zero-order valence-electron chi connectivity index (χ0n) is 20.1. The first-order valence-electron chi connectivity index (χ1n) is 11.9. The largest absolute Gasteiger partial charge is 0.0726 e. The van der Waals surface area contributed by atoms with Crippen molar-refractivity contribution in [2.75, 3.05) is 0 Å². The molecule has 5 rings (SSSR count). The summed E-state index contributed by atoms with van der Waals surface area (Å²) in [5.74, 6) is 0.607. The Kier molecular flexibility index (Phi) is 3.85. The highest BCUT2D eigenvalue weighted by Crippen LogP contribution is 2.60. The zero-order chi connectivity index (χ0) is 21.0. The molecule has 0 heteroatoms. The van der Waals surface area contributed by atoms with Crippen LogP contribution in [0.1, 0.15) is 93.9 Å². The van der Waals surface area contributed by atoms with E-state index < -0.39 is 0 Å². The zero-order valence-corrected chi connectivity index (χ0v) is 20.1. The van der Waals surface area contributed by atoms with Gasteiger partial charge in [0.2, 0.25) is 0 Å². The molecule has 1 unspecified atom stereocenters. The molecule has 0 aromatic heterocycles. The molecule has 0 aromatic carbocycles. The molecule has 0 saturated heterocycles. The highest BCUT2D eigenvalue weighted by molar-refractivity contribution is 5.63. The fourth-order valence-corrected chi connectivity index (χ4v) is 6.80. The third-order valence-corrected chi connectivity index (χ3v) is 9.28. The smallest absolute Gasteiger partial charge is 0.00676 e. The Balaban J connectivity index is 1.65. The van der Waals surface area contributed by atoms with Gasteiger partial charge in [0.1, 0.15) is 0 Å². The van der Waals surface area contributed by atoms with Crippen molar-refractivity contribution in [2.24, 2.45) is 27.6 Å². The van der Waals surface area contributed by atoms with Crippen molar-refractivity contribution in [3.05, 3.63) is 57.2 Å². The van der Waals surface area contributed by atoms with E-state index in [1.165, 1.54) is 38.5 Å². The Morgan fingerprint density at radius 1 is 0.690 bits per heavy atom. The van der Waals surface area contributed by atoms with Gasteiger partial charge in [0.05, 0.1) is 0 Å². The molecular weight excluding hydrogens is 348 g/mol. The lowest BCUT2D eigenvalue weighted by Crippen LogP contribution is -2.34. The average Bonchev–Trinajstić information content (AvgIpc) is 2.98. The quantitative estimate of drug-likeness (QED) is 0.390. The second-order valence-electron chi connectivity index (χ2n) is 13.2. The van der Waals surface area contributed by atoms with Gasteiger partial charge in [0, 0.05) is 5.92 Å². The molecule has 1 fully saturated rings. The van der Waals surface area contributed by atoms with Gasteiger partial charge >= 0.3 is 0 Å². The average molecular weight is 389 g/mol. The lowest BCUT2D eigenvalue weighted by atomic mass is 9.58. The molecule has 0 amide bonds. The minimum Gasteiger partial charge on any atom is -0.0726 e. The van der Waals surface area contributed by atoms with Crippen molar-refractivity contribution >= 4 is 0 Å². The Morgan fingerprint density at radius 2 is 1.28 bits per heavy atom. The van der Waals surface area contributed by atoms with E-state index >= 15 is 0 Å². The van der Waals surface area contributed by atoms with E-state index in [1.807, 2.05) is 0 Å². The van der Waals surface area contributed by atoms with Crippen LogP contribution in [0.4, 0.5) is 0 Å². The van der Waals surface area contributed by atoms with E-state index in [-0.39, 0.29) is 0 Å². The molecule has 1 atom stereocenters. The normalized spacial score (nSPS) is 33.1. The minimum absolute atomic E-state index is 0.303. The predicted octanol–water partition coefficient (Wildman–Crippen LogP) is 8.49. The highest BCUT2D eigenvalue weighted by Gasteiger charge is 2.46. The summed E-state index contributed by atoms with van der Waals surface area (Å²) in [6.07, 6.45) is 15.6. The van der Waals surface area contributed by atoms with Crippen LogP contribution in [-0.2, 0) is 0 Å². The van der Waals surface area contributed by atoms with E-state index in [4.69, 9.17) is 0 Å². The van der Waals surface area contributed by atoms with Gasteiger partial charge in [0.15, 0.2) is 0 Å². The number of hydrogen-bond acceptors (Lipinski definition) is 0. The first-order chi connectivity index (χ1) is 13.3. The van der Waals surface area contributed by atoms with Crippen molar-refractivity contribution in [1.29, 1.82) is 0 Å². The van der Waals surface area contributed by atoms with E-state index in [0.717, 1.165) is 0 Å².